The van der Waals surface area contributed by atoms with E-state index in [9.17, 15) is 4.79 Å². The van der Waals surface area contributed by atoms with Gasteiger partial charge in [0, 0.05) is 6.92 Å². The molecule has 0 unspecified atom stereocenters. The van der Waals surface area contributed by atoms with Crippen molar-refractivity contribution in [2.45, 2.75) is 52.4 Å². The summed E-state index contributed by atoms with van der Waals surface area (Å²) in [5.41, 5.74) is 0. The van der Waals surface area contributed by atoms with E-state index in [1.54, 1.807) is 0 Å². The van der Waals surface area contributed by atoms with Crippen LogP contribution >= 0.6 is 0 Å². The summed E-state index contributed by atoms with van der Waals surface area (Å²) in [6, 6.07) is 0. The van der Waals surface area contributed by atoms with E-state index in [-0.39, 0.29) is 58.8 Å². The molecule has 0 fully saturated rings. The summed E-state index contributed by atoms with van der Waals surface area (Å²) in [6.07, 6.45) is 7.40. The zero-order valence-corrected chi connectivity index (χ0v) is 12.4. The van der Waals surface area contributed by atoms with Gasteiger partial charge in [-0.3, -0.25) is 4.79 Å². The van der Waals surface area contributed by atoms with E-state index in [1.807, 2.05) is 0 Å². The maximum atomic E-state index is 10.4. The zero-order chi connectivity index (χ0) is 9.23. The molecule has 0 saturated carbocycles. The number of esters is 1. The average Bonchev–Trinajstić information content (AvgIpc) is 2.02. The fourth-order valence-corrected chi connectivity index (χ4v) is 1.10. The first-order valence-electron chi connectivity index (χ1n) is 4.90. The van der Waals surface area contributed by atoms with E-state index < -0.39 is 0 Å². The van der Waals surface area contributed by atoms with Crippen molar-refractivity contribution < 1.29 is 62.3 Å². The topological polar surface area (TPSA) is 26.3 Å². The molecule has 74 valence electrons. The summed E-state index contributed by atoms with van der Waals surface area (Å²) in [6.45, 7) is 4.26. The van der Waals surface area contributed by atoms with Crippen LogP contribution in [0.15, 0.2) is 0 Å². The molecule has 0 aromatic carbocycles. The predicted octanol–water partition coefficient (Wildman–Crippen LogP) is 0.0265. The first-order chi connectivity index (χ1) is 5.77. The van der Waals surface area contributed by atoms with Gasteiger partial charge in [-0.15, -0.1) is 0 Å². The maximum Gasteiger partial charge on any atom is 1.00 e. The van der Waals surface area contributed by atoms with Crippen molar-refractivity contribution in [2.75, 3.05) is 6.61 Å². The molecule has 0 amide bonds. The van der Waals surface area contributed by atoms with Crippen LogP contribution < -0.4 is 51.4 Å². The standard InChI is InChI=1S/C10H20O2.K.H/c1-3-4-5-6-7-8-9-12-10(2)11;;/h3-9H2,1-2H3;;/q;+1;-1. The number of carbonyl (C=O) groups excluding carboxylic acids is 1. The molecule has 2 nitrogen and oxygen atoms in total. The Hall–Kier alpha value is 1.11. The van der Waals surface area contributed by atoms with Crippen molar-refractivity contribution in [1.29, 1.82) is 0 Å². The second-order valence-electron chi connectivity index (χ2n) is 3.11. The first kappa shape index (κ1) is 16.5. The van der Waals surface area contributed by atoms with Crippen molar-refractivity contribution in [3.63, 3.8) is 0 Å². The van der Waals surface area contributed by atoms with E-state index >= 15 is 0 Å². The minimum atomic E-state index is -0.163. The Morgan fingerprint density at radius 2 is 1.69 bits per heavy atom. The minimum Gasteiger partial charge on any atom is -1.00 e. The Labute approximate surface area is 126 Å². The molecule has 0 heterocycles. The van der Waals surface area contributed by atoms with Gasteiger partial charge in [-0.2, -0.15) is 0 Å². The van der Waals surface area contributed by atoms with Gasteiger partial charge in [0.15, 0.2) is 0 Å². The molecule has 0 bridgehead atoms. The van der Waals surface area contributed by atoms with Gasteiger partial charge in [-0.25, -0.2) is 0 Å². The second-order valence-corrected chi connectivity index (χ2v) is 3.11. The number of unbranched alkanes of at least 4 members (excludes halogenated alkanes) is 5. The van der Waals surface area contributed by atoms with Gasteiger partial charge in [0.25, 0.3) is 0 Å². The number of rotatable bonds is 7. The van der Waals surface area contributed by atoms with E-state index in [2.05, 4.69) is 6.92 Å². The third kappa shape index (κ3) is 15.8. The van der Waals surface area contributed by atoms with E-state index in [0.29, 0.717) is 6.61 Å². The number of hydrogen-bond acceptors (Lipinski definition) is 2. The molecule has 0 aliphatic carbocycles. The number of ether oxygens (including phenoxy) is 1. The SMILES string of the molecule is CCCCCCCCOC(C)=O.[H-].[K+]. The molecule has 0 rings (SSSR count). The Morgan fingerprint density at radius 3 is 2.23 bits per heavy atom. The molecule has 0 aromatic heterocycles. The van der Waals surface area contributed by atoms with Crippen LogP contribution in [0.5, 0.6) is 0 Å². The minimum absolute atomic E-state index is 0. The summed E-state index contributed by atoms with van der Waals surface area (Å²) >= 11 is 0. The molecule has 0 aliphatic rings. The third-order valence-corrected chi connectivity index (χ3v) is 1.80. The maximum absolute atomic E-state index is 10.4. The summed E-state index contributed by atoms with van der Waals surface area (Å²) in [7, 11) is 0. The summed E-state index contributed by atoms with van der Waals surface area (Å²) in [5, 5.41) is 0. The zero-order valence-electron chi connectivity index (χ0n) is 10.3. The molecular formula is C10H21KO2. The van der Waals surface area contributed by atoms with Crippen LogP contribution in [0.3, 0.4) is 0 Å². The molecule has 0 saturated heterocycles. The fourth-order valence-electron chi connectivity index (χ4n) is 1.10. The fraction of sp³-hybridized carbons (Fsp3) is 0.900. The second kappa shape index (κ2) is 13.1. The van der Waals surface area contributed by atoms with Crippen LogP contribution in [-0.2, 0) is 9.53 Å². The number of hydrogen-bond donors (Lipinski definition) is 0. The Bertz CT molecular complexity index is 121. The van der Waals surface area contributed by atoms with Gasteiger partial charge < -0.3 is 6.16 Å². The molecule has 3 heteroatoms. The van der Waals surface area contributed by atoms with Crippen LogP contribution in [-0.4, -0.2) is 12.6 Å². The summed E-state index contributed by atoms with van der Waals surface area (Å²) in [4.78, 5) is 10.4. The molecule has 0 atom stereocenters. The van der Waals surface area contributed by atoms with Gasteiger partial charge >= 0.3 is 57.4 Å². The Balaban J connectivity index is -0.000000605. The molecule has 13 heavy (non-hydrogen) atoms. The smallest absolute Gasteiger partial charge is 1.00 e. The molecular weight excluding hydrogens is 191 g/mol. The predicted molar refractivity (Wildman–Crippen MR) is 51.1 cm³/mol. The van der Waals surface area contributed by atoms with E-state index in [4.69, 9.17) is 4.74 Å². The molecule has 0 aromatic rings. The molecule has 0 spiro atoms. The molecule has 0 radical (unpaired) electrons. The van der Waals surface area contributed by atoms with Crippen molar-refractivity contribution >= 4 is 5.97 Å². The van der Waals surface area contributed by atoms with Crippen molar-refractivity contribution in [3.8, 4) is 0 Å². The van der Waals surface area contributed by atoms with E-state index in [0.717, 1.165) is 6.42 Å². The van der Waals surface area contributed by atoms with E-state index in [1.165, 1.54) is 39.0 Å². The van der Waals surface area contributed by atoms with Crippen LogP contribution in [0.25, 0.3) is 0 Å². The number of carbonyl (C=O) groups is 1. The van der Waals surface area contributed by atoms with Crippen molar-refractivity contribution in [2.24, 2.45) is 0 Å². The van der Waals surface area contributed by atoms with Crippen LogP contribution in [0, 0.1) is 0 Å². The molecule has 0 aliphatic heterocycles. The molecule has 0 N–H and O–H groups in total. The third-order valence-electron chi connectivity index (χ3n) is 1.80. The van der Waals surface area contributed by atoms with Gasteiger partial charge in [0.05, 0.1) is 6.61 Å². The average molecular weight is 212 g/mol. The summed E-state index contributed by atoms with van der Waals surface area (Å²) in [5.74, 6) is -0.163. The van der Waals surface area contributed by atoms with Crippen molar-refractivity contribution in [3.05, 3.63) is 0 Å². The van der Waals surface area contributed by atoms with Gasteiger partial charge in [-0.1, -0.05) is 39.0 Å². The van der Waals surface area contributed by atoms with Crippen LogP contribution in [0.4, 0.5) is 0 Å². The Kier molecular flexibility index (Phi) is 16.7. The monoisotopic (exact) mass is 212 g/mol. The van der Waals surface area contributed by atoms with Gasteiger partial charge in [0.1, 0.15) is 0 Å². The quantitative estimate of drug-likeness (QED) is 0.338. The Morgan fingerprint density at radius 1 is 1.15 bits per heavy atom. The first-order valence-corrected chi connectivity index (χ1v) is 4.90. The van der Waals surface area contributed by atoms with Crippen LogP contribution in [0.1, 0.15) is 53.8 Å². The normalized spacial score (nSPS) is 9.08. The summed E-state index contributed by atoms with van der Waals surface area (Å²) < 4.78 is 4.81. The van der Waals surface area contributed by atoms with Crippen LogP contribution in [0.2, 0.25) is 0 Å². The van der Waals surface area contributed by atoms with Gasteiger partial charge in [0.2, 0.25) is 0 Å². The van der Waals surface area contributed by atoms with Gasteiger partial charge in [-0.05, 0) is 6.42 Å². The van der Waals surface area contributed by atoms with Crippen molar-refractivity contribution in [1.82, 2.24) is 0 Å². The largest absolute Gasteiger partial charge is 1.00 e.